The van der Waals surface area contributed by atoms with Crippen molar-refractivity contribution in [1.29, 1.82) is 0 Å². The van der Waals surface area contributed by atoms with Crippen LogP contribution in [0, 0.1) is 0 Å². The second kappa shape index (κ2) is 4.17. The molecule has 1 fully saturated rings. The van der Waals surface area contributed by atoms with E-state index in [1.165, 1.54) is 0 Å². The molecule has 1 saturated heterocycles. The van der Waals surface area contributed by atoms with Gasteiger partial charge in [-0.25, -0.2) is 0 Å². The molecule has 2 atom stereocenters. The van der Waals surface area contributed by atoms with Gasteiger partial charge in [0.15, 0.2) is 0 Å². The number of allylic oxidation sites excluding steroid dienone is 2. The third kappa shape index (κ3) is 2.23. The zero-order valence-corrected chi connectivity index (χ0v) is 14.6. The summed E-state index contributed by atoms with van der Waals surface area (Å²) >= 11 is -2.92. The Balaban J connectivity index is 2.20. The van der Waals surface area contributed by atoms with Gasteiger partial charge in [0.25, 0.3) is 0 Å². The quantitative estimate of drug-likeness (QED) is 0.534. The molecule has 0 N–H and O–H groups in total. The number of halogens is 2. The molecule has 0 aromatic carbocycles. The first-order chi connectivity index (χ1) is 7.58. The SMILES string of the molecule is C[C@H]1C=C[C@@H](B2OC(C)(C)C(C)(C)O2)[Ge]1([Cl])[Cl]. The molecule has 0 radical (unpaired) electrons. The second-order valence-electron chi connectivity index (χ2n) is 6.00. The third-order valence-corrected chi connectivity index (χ3v) is 16.2. The van der Waals surface area contributed by atoms with E-state index in [-0.39, 0.29) is 23.0 Å². The van der Waals surface area contributed by atoms with Gasteiger partial charge < -0.3 is 0 Å². The summed E-state index contributed by atoms with van der Waals surface area (Å²) in [4.78, 5) is 0. The van der Waals surface area contributed by atoms with Crippen LogP contribution in [-0.4, -0.2) is 29.7 Å². The van der Waals surface area contributed by atoms with Crippen LogP contribution in [0.2, 0.25) is 9.40 Å². The molecule has 2 aliphatic rings. The molecule has 2 rings (SSSR count). The first-order valence-electron chi connectivity index (χ1n) is 6.00. The standard InChI is InChI=1S/C11H19BCl2GeO2/c1-8-6-7-9(15(8,13)14)12-16-10(2,3)11(4,5)17-12/h6-9H,1-5H3/t8-,9-/m0/s1. The zero-order valence-electron chi connectivity index (χ0n) is 11.0. The van der Waals surface area contributed by atoms with Crippen LogP contribution in [0.4, 0.5) is 0 Å². The number of hydrogen-bond donors (Lipinski definition) is 0. The second-order valence-corrected chi connectivity index (χ2v) is 19.6. The molecule has 0 bridgehead atoms. The maximum absolute atomic E-state index is 6.58. The average Bonchev–Trinajstić information content (AvgIpc) is 2.50. The van der Waals surface area contributed by atoms with Gasteiger partial charge in [0.1, 0.15) is 0 Å². The van der Waals surface area contributed by atoms with Crippen molar-refractivity contribution in [3.8, 4) is 0 Å². The Morgan fingerprint density at radius 2 is 1.53 bits per heavy atom. The van der Waals surface area contributed by atoms with E-state index in [2.05, 4.69) is 19.1 Å². The van der Waals surface area contributed by atoms with Crippen LogP contribution in [0.25, 0.3) is 0 Å². The van der Waals surface area contributed by atoms with E-state index in [1.807, 2.05) is 27.7 Å². The predicted molar refractivity (Wildman–Crippen MR) is 75.9 cm³/mol. The van der Waals surface area contributed by atoms with E-state index in [0.29, 0.717) is 4.75 Å². The molecular weight excluding hydrogens is 318 g/mol. The van der Waals surface area contributed by atoms with E-state index in [4.69, 9.17) is 29.3 Å². The Morgan fingerprint density at radius 1 is 1.06 bits per heavy atom. The Morgan fingerprint density at radius 3 is 1.88 bits per heavy atom. The predicted octanol–water partition coefficient (Wildman–Crippen LogP) is 3.87. The van der Waals surface area contributed by atoms with Crippen LogP contribution in [0.15, 0.2) is 12.2 Å². The van der Waals surface area contributed by atoms with E-state index >= 15 is 0 Å². The van der Waals surface area contributed by atoms with Gasteiger partial charge in [-0.15, -0.1) is 0 Å². The van der Waals surface area contributed by atoms with Gasteiger partial charge in [0.2, 0.25) is 0 Å². The molecule has 17 heavy (non-hydrogen) atoms. The van der Waals surface area contributed by atoms with Crippen molar-refractivity contribution >= 4 is 38.5 Å². The zero-order chi connectivity index (χ0) is 13.1. The van der Waals surface area contributed by atoms with Crippen LogP contribution in [0.5, 0.6) is 0 Å². The molecule has 0 amide bonds. The van der Waals surface area contributed by atoms with Gasteiger partial charge in [-0.1, -0.05) is 0 Å². The summed E-state index contributed by atoms with van der Waals surface area (Å²) in [6.07, 6.45) is 4.20. The van der Waals surface area contributed by atoms with Gasteiger partial charge in [-0.05, 0) is 0 Å². The van der Waals surface area contributed by atoms with Crippen LogP contribution in [0.3, 0.4) is 0 Å². The summed E-state index contributed by atoms with van der Waals surface area (Å²) in [5.74, 6) is 0. The van der Waals surface area contributed by atoms with Gasteiger partial charge in [-0.3, -0.25) is 0 Å². The van der Waals surface area contributed by atoms with Crippen molar-refractivity contribution in [1.82, 2.24) is 0 Å². The summed E-state index contributed by atoms with van der Waals surface area (Å²) < 4.78 is 12.4. The molecule has 2 heterocycles. The minimum atomic E-state index is -2.92. The van der Waals surface area contributed by atoms with Gasteiger partial charge in [-0.2, -0.15) is 0 Å². The monoisotopic (exact) mass is 338 g/mol. The van der Waals surface area contributed by atoms with Crippen LogP contribution in [-0.2, 0) is 9.31 Å². The van der Waals surface area contributed by atoms with Crippen molar-refractivity contribution < 1.29 is 9.31 Å². The molecule has 96 valence electrons. The van der Waals surface area contributed by atoms with Crippen LogP contribution >= 0.6 is 20.0 Å². The Labute approximate surface area is 115 Å². The Kier molecular flexibility index (Phi) is 3.50. The van der Waals surface area contributed by atoms with Gasteiger partial charge in [0.05, 0.1) is 0 Å². The van der Waals surface area contributed by atoms with E-state index in [0.717, 1.165) is 0 Å². The molecule has 0 aromatic heterocycles. The molecule has 6 heteroatoms. The van der Waals surface area contributed by atoms with Crippen molar-refractivity contribution in [2.24, 2.45) is 0 Å². The number of hydrogen-bond acceptors (Lipinski definition) is 2. The average molecular weight is 338 g/mol. The van der Waals surface area contributed by atoms with Gasteiger partial charge >= 0.3 is 115 Å². The molecule has 2 aliphatic heterocycles. The summed E-state index contributed by atoms with van der Waals surface area (Å²) in [6, 6.07) is 0. The topological polar surface area (TPSA) is 18.5 Å². The molecule has 0 saturated carbocycles. The molecule has 2 nitrogen and oxygen atoms in total. The molecular formula is C11H19BCl2GeO2. The van der Waals surface area contributed by atoms with E-state index in [9.17, 15) is 0 Å². The van der Waals surface area contributed by atoms with Gasteiger partial charge in [0, 0.05) is 0 Å². The normalized spacial score (nSPS) is 37.7. The Bertz CT molecular complexity index is 341. The first kappa shape index (κ1) is 14.3. The summed E-state index contributed by atoms with van der Waals surface area (Å²) in [5.41, 5.74) is -0.632. The fraction of sp³-hybridized carbons (Fsp3) is 0.818. The van der Waals surface area contributed by atoms with E-state index < -0.39 is 11.4 Å². The van der Waals surface area contributed by atoms with Crippen LogP contribution in [0.1, 0.15) is 34.6 Å². The number of rotatable bonds is 1. The first-order valence-corrected chi connectivity index (χ1v) is 13.9. The minimum absolute atomic E-state index is 0.0642. The van der Waals surface area contributed by atoms with Crippen molar-refractivity contribution in [2.75, 3.05) is 0 Å². The third-order valence-electron chi connectivity index (χ3n) is 4.22. The van der Waals surface area contributed by atoms with Crippen molar-refractivity contribution in [2.45, 2.75) is 55.2 Å². The van der Waals surface area contributed by atoms with Crippen LogP contribution < -0.4 is 0 Å². The van der Waals surface area contributed by atoms with Crippen molar-refractivity contribution in [3.63, 3.8) is 0 Å². The fourth-order valence-electron chi connectivity index (χ4n) is 2.15. The molecule has 0 unspecified atom stereocenters. The summed E-state index contributed by atoms with van der Waals surface area (Å²) in [6.45, 7) is 10.3. The Hall–Kier alpha value is 0.848. The van der Waals surface area contributed by atoms with E-state index in [1.54, 1.807) is 0 Å². The van der Waals surface area contributed by atoms with Crippen molar-refractivity contribution in [3.05, 3.63) is 12.2 Å². The molecule has 0 aromatic rings. The fourth-order valence-corrected chi connectivity index (χ4v) is 8.60. The summed E-state index contributed by atoms with van der Waals surface area (Å²) in [5, 5.41) is 0. The molecule has 0 spiro atoms. The summed E-state index contributed by atoms with van der Waals surface area (Å²) in [7, 11) is 12.9. The molecule has 0 aliphatic carbocycles. The maximum atomic E-state index is 6.58.